The van der Waals surface area contributed by atoms with Crippen molar-refractivity contribution in [3.05, 3.63) is 71.5 Å². The molecule has 1 heterocycles. The summed E-state index contributed by atoms with van der Waals surface area (Å²) in [7, 11) is -3.37. The maximum atomic E-state index is 13.6. The summed E-state index contributed by atoms with van der Waals surface area (Å²) in [5.74, 6) is -0.569. The van der Waals surface area contributed by atoms with Gasteiger partial charge in [-0.3, -0.25) is 9.69 Å². The third-order valence-electron chi connectivity index (χ3n) is 4.72. The normalized spacial score (nSPS) is 16.0. The third kappa shape index (κ3) is 5.60. The van der Waals surface area contributed by atoms with Gasteiger partial charge in [0.1, 0.15) is 5.82 Å². The number of benzene rings is 2. The lowest BCUT2D eigenvalue weighted by atomic mass is 10.2. The van der Waals surface area contributed by atoms with Crippen LogP contribution in [0.1, 0.15) is 11.1 Å². The molecule has 0 aliphatic carbocycles. The molecule has 0 spiro atoms. The molecule has 2 aromatic rings. The van der Waals surface area contributed by atoms with E-state index in [0.717, 1.165) is 5.56 Å². The third-order valence-corrected chi connectivity index (χ3v) is 6.57. The van der Waals surface area contributed by atoms with Crippen LogP contribution in [-0.2, 0) is 27.1 Å². The molecular formula is C20H24FN3O3S. The number of nitrogens with zero attached hydrogens (tertiary/aromatic N) is 2. The second-order valence-corrected chi connectivity index (χ2v) is 8.75. The number of carbonyl (C=O) groups is 1. The topological polar surface area (TPSA) is 69.7 Å². The average molecular weight is 405 g/mol. The van der Waals surface area contributed by atoms with E-state index in [4.69, 9.17) is 0 Å². The highest BCUT2D eigenvalue weighted by atomic mass is 32.2. The van der Waals surface area contributed by atoms with E-state index in [9.17, 15) is 17.6 Å². The molecule has 0 bridgehead atoms. The van der Waals surface area contributed by atoms with Crippen molar-refractivity contribution in [2.75, 3.05) is 32.7 Å². The van der Waals surface area contributed by atoms with Crippen LogP contribution in [0.25, 0.3) is 0 Å². The van der Waals surface area contributed by atoms with Gasteiger partial charge in [0.25, 0.3) is 0 Å². The molecule has 2 aromatic carbocycles. The number of halogens is 1. The van der Waals surface area contributed by atoms with Crippen molar-refractivity contribution in [1.82, 2.24) is 14.5 Å². The minimum atomic E-state index is -3.37. The number of hydrogen-bond acceptors (Lipinski definition) is 4. The summed E-state index contributed by atoms with van der Waals surface area (Å²) in [4.78, 5) is 14.0. The zero-order valence-electron chi connectivity index (χ0n) is 15.6. The van der Waals surface area contributed by atoms with Crippen molar-refractivity contribution >= 4 is 15.9 Å². The molecule has 1 amide bonds. The summed E-state index contributed by atoms with van der Waals surface area (Å²) in [5.41, 5.74) is 1.20. The molecular weight excluding hydrogens is 381 g/mol. The second-order valence-electron chi connectivity index (χ2n) is 6.79. The number of carbonyl (C=O) groups excluding carboxylic acids is 1. The fraction of sp³-hybridized carbons (Fsp3) is 0.350. The quantitative estimate of drug-likeness (QED) is 0.760. The molecule has 0 unspecified atom stereocenters. The van der Waals surface area contributed by atoms with Gasteiger partial charge in [0.05, 0.1) is 12.3 Å². The molecule has 28 heavy (non-hydrogen) atoms. The minimum absolute atomic E-state index is 0.0169. The number of nitrogens with one attached hydrogen (secondary N) is 1. The molecule has 1 N–H and O–H groups in total. The van der Waals surface area contributed by atoms with Gasteiger partial charge >= 0.3 is 0 Å². The average Bonchev–Trinajstić information content (AvgIpc) is 2.68. The van der Waals surface area contributed by atoms with Crippen molar-refractivity contribution < 1.29 is 17.6 Å². The second kappa shape index (κ2) is 9.27. The van der Waals surface area contributed by atoms with Crippen molar-refractivity contribution in [2.45, 2.75) is 12.3 Å². The van der Waals surface area contributed by atoms with E-state index >= 15 is 0 Å². The lowest BCUT2D eigenvalue weighted by molar-refractivity contribution is -0.122. The van der Waals surface area contributed by atoms with Gasteiger partial charge in [-0.15, -0.1) is 0 Å². The zero-order valence-corrected chi connectivity index (χ0v) is 16.4. The van der Waals surface area contributed by atoms with Gasteiger partial charge in [0.2, 0.25) is 15.9 Å². The maximum absolute atomic E-state index is 13.6. The summed E-state index contributed by atoms with van der Waals surface area (Å²) in [5, 5.41) is 2.71. The van der Waals surface area contributed by atoms with Crippen LogP contribution in [0.3, 0.4) is 0 Å². The van der Waals surface area contributed by atoms with Crippen molar-refractivity contribution in [2.24, 2.45) is 0 Å². The molecule has 0 saturated carbocycles. The summed E-state index contributed by atoms with van der Waals surface area (Å²) < 4.78 is 40.2. The molecule has 0 atom stereocenters. The first-order valence-corrected chi connectivity index (χ1v) is 10.8. The van der Waals surface area contributed by atoms with E-state index in [1.54, 1.807) is 30.3 Å². The zero-order chi connectivity index (χ0) is 20.0. The number of amides is 1. The Kier molecular flexibility index (Phi) is 6.77. The van der Waals surface area contributed by atoms with Crippen LogP contribution in [0, 0.1) is 5.82 Å². The van der Waals surface area contributed by atoms with E-state index in [1.165, 1.54) is 10.4 Å². The Labute approximate surface area is 165 Å². The lowest BCUT2D eigenvalue weighted by Gasteiger charge is -2.33. The fourth-order valence-electron chi connectivity index (χ4n) is 3.14. The largest absolute Gasteiger partial charge is 0.351 e. The van der Waals surface area contributed by atoms with Gasteiger partial charge in [0, 0.05) is 38.3 Å². The monoisotopic (exact) mass is 405 g/mol. The van der Waals surface area contributed by atoms with E-state index in [2.05, 4.69) is 5.32 Å². The van der Waals surface area contributed by atoms with Gasteiger partial charge in [-0.2, -0.15) is 4.31 Å². The Bertz CT molecular complexity index is 898. The Hall–Kier alpha value is -2.29. The summed E-state index contributed by atoms with van der Waals surface area (Å²) >= 11 is 0. The smallest absolute Gasteiger partial charge is 0.234 e. The number of rotatable bonds is 7. The first kappa shape index (κ1) is 20.4. The summed E-state index contributed by atoms with van der Waals surface area (Å²) in [6, 6.07) is 15.4. The first-order chi connectivity index (χ1) is 13.4. The van der Waals surface area contributed by atoms with E-state index in [0.29, 0.717) is 31.7 Å². The standard InChI is InChI=1S/C20H24FN3O3S/c21-19-9-5-4-8-18(19)14-22-20(25)15-23-10-12-24(13-11-23)28(26,27)16-17-6-2-1-3-7-17/h1-9H,10-16H2,(H,22,25). The Morgan fingerprint density at radius 1 is 0.964 bits per heavy atom. The van der Waals surface area contributed by atoms with Gasteiger partial charge < -0.3 is 5.32 Å². The Balaban J connectivity index is 1.44. The van der Waals surface area contributed by atoms with E-state index in [1.807, 2.05) is 23.1 Å². The molecule has 150 valence electrons. The van der Waals surface area contributed by atoms with E-state index < -0.39 is 10.0 Å². The van der Waals surface area contributed by atoms with Crippen molar-refractivity contribution in [3.63, 3.8) is 0 Å². The van der Waals surface area contributed by atoms with Crippen LogP contribution < -0.4 is 5.32 Å². The van der Waals surface area contributed by atoms with Crippen LogP contribution in [0.4, 0.5) is 4.39 Å². The van der Waals surface area contributed by atoms with Crippen LogP contribution in [-0.4, -0.2) is 56.3 Å². The highest BCUT2D eigenvalue weighted by Gasteiger charge is 2.27. The van der Waals surface area contributed by atoms with Gasteiger partial charge in [-0.25, -0.2) is 12.8 Å². The van der Waals surface area contributed by atoms with Gasteiger partial charge in [0.15, 0.2) is 0 Å². The van der Waals surface area contributed by atoms with Gasteiger partial charge in [-0.05, 0) is 11.6 Å². The van der Waals surface area contributed by atoms with Crippen LogP contribution in [0.2, 0.25) is 0 Å². The van der Waals surface area contributed by atoms with Crippen LogP contribution in [0.5, 0.6) is 0 Å². The minimum Gasteiger partial charge on any atom is -0.351 e. The number of sulfonamides is 1. The predicted octanol–water partition coefficient (Wildman–Crippen LogP) is 1.59. The fourth-order valence-corrected chi connectivity index (χ4v) is 4.65. The molecule has 1 fully saturated rings. The van der Waals surface area contributed by atoms with Crippen LogP contribution in [0.15, 0.2) is 54.6 Å². The highest BCUT2D eigenvalue weighted by Crippen LogP contribution is 2.13. The Morgan fingerprint density at radius 3 is 2.29 bits per heavy atom. The molecule has 1 aliphatic rings. The molecule has 8 heteroatoms. The molecule has 1 aliphatic heterocycles. The van der Waals surface area contributed by atoms with Crippen molar-refractivity contribution in [1.29, 1.82) is 0 Å². The molecule has 0 radical (unpaired) electrons. The molecule has 6 nitrogen and oxygen atoms in total. The predicted molar refractivity (Wildman–Crippen MR) is 105 cm³/mol. The summed E-state index contributed by atoms with van der Waals surface area (Å²) in [6.07, 6.45) is 0. The van der Waals surface area contributed by atoms with Crippen molar-refractivity contribution in [3.8, 4) is 0 Å². The SMILES string of the molecule is O=C(CN1CCN(S(=O)(=O)Cc2ccccc2)CC1)NCc1ccccc1F. The highest BCUT2D eigenvalue weighted by molar-refractivity contribution is 7.88. The molecule has 1 saturated heterocycles. The molecule has 3 rings (SSSR count). The summed E-state index contributed by atoms with van der Waals surface area (Å²) in [6.45, 7) is 1.99. The molecule has 0 aromatic heterocycles. The van der Waals surface area contributed by atoms with E-state index in [-0.39, 0.29) is 30.6 Å². The number of hydrogen-bond donors (Lipinski definition) is 1. The lowest BCUT2D eigenvalue weighted by Crippen LogP contribution is -2.51. The first-order valence-electron chi connectivity index (χ1n) is 9.18. The maximum Gasteiger partial charge on any atom is 0.234 e. The Morgan fingerprint density at radius 2 is 1.61 bits per heavy atom. The number of piperazine rings is 1. The van der Waals surface area contributed by atoms with Gasteiger partial charge in [-0.1, -0.05) is 48.5 Å². The van der Waals surface area contributed by atoms with Crippen LogP contribution >= 0.6 is 0 Å².